The minimum absolute atomic E-state index is 0.312. The van der Waals surface area contributed by atoms with Crippen LogP contribution in [-0.4, -0.2) is 5.25 Å². The van der Waals surface area contributed by atoms with Gasteiger partial charge in [-0.25, -0.2) is 0 Å². The van der Waals surface area contributed by atoms with Gasteiger partial charge < -0.3 is 9.80 Å². The molecule has 2 unspecified atom stereocenters. The summed E-state index contributed by atoms with van der Waals surface area (Å²) >= 11 is 2.01. The van der Waals surface area contributed by atoms with Gasteiger partial charge in [-0.2, -0.15) is 0 Å². The van der Waals surface area contributed by atoms with Crippen LogP contribution in [0.5, 0.6) is 0 Å². The van der Waals surface area contributed by atoms with E-state index in [0.717, 1.165) is 18.5 Å². The SMILES string of the molecule is Cc1cccc(N(C2=CC=CCC2)c2ccc3c4c(ccc3c2)SC2C=Cc3cc(N(c5ccccc5)c5cccc(C)c5)ccc3C42)c1. The molecule has 2 nitrogen and oxygen atoms in total. The zero-order chi connectivity index (χ0) is 32.9. The molecule has 238 valence electrons. The Bertz CT molecular complexity index is 2310. The molecule has 2 atom stereocenters. The van der Waals surface area contributed by atoms with Crippen molar-refractivity contribution in [2.24, 2.45) is 0 Å². The van der Waals surface area contributed by atoms with Gasteiger partial charge in [-0.15, -0.1) is 11.8 Å². The van der Waals surface area contributed by atoms with Gasteiger partial charge in [0.25, 0.3) is 0 Å². The van der Waals surface area contributed by atoms with E-state index in [9.17, 15) is 0 Å². The molecule has 0 fully saturated rings. The maximum absolute atomic E-state index is 2.45. The fourth-order valence-electron chi connectivity index (χ4n) is 7.89. The third-order valence-electron chi connectivity index (χ3n) is 10.1. The third kappa shape index (κ3) is 5.39. The Morgan fingerprint density at radius 3 is 2.10 bits per heavy atom. The first-order valence-electron chi connectivity index (χ1n) is 17.3. The summed E-state index contributed by atoms with van der Waals surface area (Å²) in [6.07, 6.45) is 13.6. The molecule has 0 radical (unpaired) electrons. The molecular formula is C46H38N2S. The molecule has 0 aromatic heterocycles. The number of anilines is 5. The van der Waals surface area contributed by atoms with Crippen LogP contribution in [0.3, 0.4) is 0 Å². The predicted octanol–water partition coefficient (Wildman–Crippen LogP) is 12.9. The molecule has 2 aliphatic carbocycles. The lowest BCUT2D eigenvalue weighted by Crippen LogP contribution is -2.17. The lowest BCUT2D eigenvalue weighted by atomic mass is 9.80. The van der Waals surface area contributed by atoms with Gasteiger partial charge in [0.15, 0.2) is 0 Å². The quantitative estimate of drug-likeness (QED) is 0.177. The lowest BCUT2D eigenvalue weighted by Gasteiger charge is -2.30. The summed E-state index contributed by atoms with van der Waals surface area (Å²) in [6.45, 7) is 4.34. The fourth-order valence-corrected chi connectivity index (χ4v) is 9.27. The van der Waals surface area contributed by atoms with Crippen LogP contribution in [0.25, 0.3) is 16.8 Å². The van der Waals surface area contributed by atoms with Crippen LogP contribution in [0.15, 0.2) is 162 Å². The van der Waals surface area contributed by atoms with Crippen LogP contribution >= 0.6 is 11.8 Å². The number of thioether (sulfide) groups is 1. The average molecular weight is 651 g/mol. The van der Waals surface area contributed by atoms with Crippen molar-refractivity contribution < 1.29 is 0 Å². The van der Waals surface area contributed by atoms with E-state index in [4.69, 9.17) is 0 Å². The zero-order valence-corrected chi connectivity index (χ0v) is 28.7. The van der Waals surface area contributed by atoms with Crippen molar-refractivity contribution in [3.05, 3.63) is 185 Å². The highest BCUT2D eigenvalue weighted by Gasteiger charge is 2.37. The van der Waals surface area contributed by atoms with Crippen LogP contribution < -0.4 is 9.80 Å². The summed E-state index contributed by atoms with van der Waals surface area (Å²) in [5.41, 5.74) is 14.0. The van der Waals surface area contributed by atoms with E-state index in [-0.39, 0.29) is 0 Å². The number of hydrogen-bond acceptors (Lipinski definition) is 3. The summed E-state index contributed by atoms with van der Waals surface area (Å²) < 4.78 is 0. The average Bonchev–Trinajstić information content (AvgIpc) is 3.53. The van der Waals surface area contributed by atoms with E-state index in [1.54, 1.807) is 0 Å². The molecule has 49 heavy (non-hydrogen) atoms. The first-order valence-corrected chi connectivity index (χ1v) is 18.2. The molecule has 9 rings (SSSR count). The molecule has 0 amide bonds. The second-order valence-corrected chi connectivity index (χ2v) is 14.6. The Kier molecular flexibility index (Phi) is 7.51. The maximum Gasteiger partial charge on any atom is 0.0467 e. The number of para-hydroxylation sites is 1. The second kappa shape index (κ2) is 12.3. The van der Waals surface area contributed by atoms with Crippen molar-refractivity contribution >= 4 is 57.0 Å². The number of allylic oxidation sites excluding steroid dienone is 4. The number of rotatable bonds is 6. The number of aryl methyl sites for hydroxylation is 2. The molecule has 1 heterocycles. The minimum Gasteiger partial charge on any atom is -0.314 e. The largest absolute Gasteiger partial charge is 0.314 e. The molecule has 0 saturated carbocycles. The van der Waals surface area contributed by atoms with Gasteiger partial charge in [0.1, 0.15) is 0 Å². The maximum atomic E-state index is 2.45. The Balaban J connectivity index is 1.13. The van der Waals surface area contributed by atoms with Crippen LogP contribution in [0.1, 0.15) is 46.6 Å². The molecule has 6 aromatic carbocycles. The molecule has 3 aliphatic rings. The molecule has 6 aromatic rings. The lowest BCUT2D eigenvalue weighted by molar-refractivity contribution is 0.852. The van der Waals surface area contributed by atoms with Gasteiger partial charge in [-0.1, -0.05) is 85.0 Å². The highest BCUT2D eigenvalue weighted by molar-refractivity contribution is 8.00. The molecule has 3 heteroatoms. The number of hydrogen-bond donors (Lipinski definition) is 0. The monoisotopic (exact) mass is 650 g/mol. The van der Waals surface area contributed by atoms with Gasteiger partial charge in [0.2, 0.25) is 0 Å². The summed E-state index contributed by atoms with van der Waals surface area (Å²) in [6, 6.07) is 47.3. The van der Waals surface area contributed by atoms with Gasteiger partial charge in [0, 0.05) is 50.2 Å². The van der Waals surface area contributed by atoms with Crippen LogP contribution in [0.4, 0.5) is 28.4 Å². The topological polar surface area (TPSA) is 6.48 Å². The second-order valence-electron chi connectivity index (χ2n) is 13.4. The van der Waals surface area contributed by atoms with Gasteiger partial charge in [-0.05, 0) is 138 Å². The van der Waals surface area contributed by atoms with E-state index in [1.165, 1.54) is 71.9 Å². The molecule has 0 N–H and O–H groups in total. The Morgan fingerprint density at radius 1 is 0.633 bits per heavy atom. The van der Waals surface area contributed by atoms with Crippen LogP contribution in [0.2, 0.25) is 0 Å². The van der Waals surface area contributed by atoms with Gasteiger partial charge >= 0.3 is 0 Å². The highest BCUT2D eigenvalue weighted by Crippen LogP contribution is 2.55. The van der Waals surface area contributed by atoms with E-state index in [2.05, 4.69) is 181 Å². The van der Waals surface area contributed by atoms with Crippen LogP contribution in [-0.2, 0) is 0 Å². The van der Waals surface area contributed by atoms with E-state index >= 15 is 0 Å². The number of benzene rings is 6. The van der Waals surface area contributed by atoms with Crippen molar-refractivity contribution in [2.45, 2.75) is 42.8 Å². The van der Waals surface area contributed by atoms with Crippen molar-refractivity contribution in [3.8, 4) is 0 Å². The zero-order valence-electron chi connectivity index (χ0n) is 27.9. The molecule has 1 aliphatic heterocycles. The van der Waals surface area contributed by atoms with Crippen molar-refractivity contribution in [1.29, 1.82) is 0 Å². The minimum atomic E-state index is 0.312. The number of fused-ring (bicyclic) bond motifs is 7. The van der Waals surface area contributed by atoms with Crippen molar-refractivity contribution in [2.75, 3.05) is 9.80 Å². The standard InChI is InChI=1S/C46H38N2S/c1-31-11-9-17-37(27-31)47(35-13-5-3-6-14-35)39-21-23-41-33(29-39)19-25-43-45(41)46-42-24-22-40(30-34(42)20-26-44(46)49-43)48(36-15-7-4-8-16-36)38-18-10-12-32(2)28-38/h3-7,9-15,17-30,43,45H,8,16H2,1-2H3. The molecule has 0 spiro atoms. The summed E-state index contributed by atoms with van der Waals surface area (Å²) in [5.74, 6) is 0.312. The van der Waals surface area contributed by atoms with Crippen molar-refractivity contribution in [3.63, 3.8) is 0 Å². The van der Waals surface area contributed by atoms with E-state index < -0.39 is 0 Å². The predicted molar refractivity (Wildman–Crippen MR) is 210 cm³/mol. The van der Waals surface area contributed by atoms with Gasteiger partial charge in [0.05, 0.1) is 0 Å². The summed E-state index contributed by atoms with van der Waals surface area (Å²) in [4.78, 5) is 6.23. The Hall–Kier alpha value is -5.25. The fraction of sp³-hybridized carbons (Fsp3) is 0.130. The Morgan fingerprint density at radius 2 is 1.35 bits per heavy atom. The molecule has 0 saturated heterocycles. The van der Waals surface area contributed by atoms with Gasteiger partial charge in [-0.3, -0.25) is 0 Å². The first-order chi connectivity index (χ1) is 24.1. The smallest absolute Gasteiger partial charge is 0.0467 e. The Labute approximate surface area is 293 Å². The van der Waals surface area contributed by atoms with E-state index in [0.29, 0.717) is 11.2 Å². The highest BCUT2D eigenvalue weighted by atomic mass is 32.2. The van der Waals surface area contributed by atoms with Crippen molar-refractivity contribution in [1.82, 2.24) is 0 Å². The summed E-state index contributed by atoms with van der Waals surface area (Å²) in [5, 5.41) is 3.05. The number of nitrogens with zero attached hydrogens (tertiary/aromatic N) is 2. The molecule has 0 bridgehead atoms. The molecular weight excluding hydrogens is 613 g/mol. The van der Waals surface area contributed by atoms with E-state index in [1.807, 2.05) is 11.8 Å². The third-order valence-corrected chi connectivity index (χ3v) is 11.4. The first kappa shape index (κ1) is 29.9. The normalized spacial score (nSPS) is 17.3. The van der Waals surface area contributed by atoms with Crippen LogP contribution in [0, 0.1) is 13.8 Å². The summed E-state index contributed by atoms with van der Waals surface area (Å²) in [7, 11) is 0.